The number of anilines is 1. The lowest BCUT2D eigenvalue weighted by atomic mass is 10.4. The van der Waals surface area contributed by atoms with Crippen molar-refractivity contribution in [3.63, 3.8) is 0 Å². The predicted octanol–water partition coefficient (Wildman–Crippen LogP) is 2.01. The van der Waals surface area contributed by atoms with Crippen LogP contribution in [-0.2, 0) is 0 Å². The van der Waals surface area contributed by atoms with Crippen molar-refractivity contribution in [3.05, 3.63) is 35.3 Å². The molecule has 0 saturated heterocycles. The average Bonchev–Trinajstić information content (AvgIpc) is 2.17. The number of nitrogens with zero attached hydrogens (tertiary/aromatic N) is 3. The van der Waals surface area contributed by atoms with Gasteiger partial charge in [0.15, 0.2) is 0 Å². The fourth-order valence-electron chi connectivity index (χ4n) is 0.978. The highest BCUT2D eigenvalue weighted by Gasteiger charge is 2.00. The SMILES string of the molecule is Nc1cc(Oc2cncc(Br)c2)ncn1. The lowest BCUT2D eigenvalue weighted by molar-refractivity contribution is 0.459. The van der Waals surface area contributed by atoms with Crippen molar-refractivity contribution in [2.45, 2.75) is 0 Å². The van der Waals surface area contributed by atoms with E-state index in [1.165, 1.54) is 6.33 Å². The summed E-state index contributed by atoms with van der Waals surface area (Å²) in [4.78, 5) is 11.6. The van der Waals surface area contributed by atoms with E-state index in [0.29, 0.717) is 17.4 Å². The molecular weight excluding hydrogens is 260 g/mol. The van der Waals surface area contributed by atoms with E-state index in [9.17, 15) is 0 Å². The van der Waals surface area contributed by atoms with Gasteiger partial charge in [-0.2, -0.15) is 0 Å². The molecule has 0 atom stereocenters. The molecule has 6 heteroatoms. The van der Waals surface area contributed by atoms with Crippen LogP contribution in [0, 0.1) is 0 Å². The molecule has 0 aliphatic carbocycles. The summed E-state index contributed by atoms with van der Waals surface area (Å²) in [5.74, 6) is 1.34. The second-order valence-electron chi connectivity index (χ2n) is 2.72. The number of rotatable bonds is 2. The Balaban J connectivity index is 2.22. The number of pyridine rings is 1. The maximum Gasteiger partial charge on any atom is 0.224 e. The van der Waals surface area contributed by atoms with Gasteiger partial charge in [0.05, 0.1) is 6.20 Å². The van der Waals surface area contributed by atoms with Crippen LogP contribution in [0.25, 0.3) is 0 Å². The third-order valence-corrected chi connectivity index (χ3v) is 2.00. The van der Waals surface area contributed by atoms with Gasteiger partial charge < -0.3 is 10.5 Å². The monoisotopic (exact) mass is 266 g/mol. The highest BCUT2D eigenvalue weighted by molar-refractivity contribution is 9.10. The van der Waals surface area contributed by atoms with Crippen LogP contribution >= 0.6 is 15.9 Å². The van der Waals surface area contributed by atoms with Gasteiger partial charge in [-0.1, -0.05) is 0 Å². The van der Waals surface area contributed by atoms with E-state index >= 15 is 0 Å². The second-order valence-corrected chi connectivity index (χ2v) is 3.64. The highest BCUT2D eigenvalue weighted by Crippen LogP contribution is 2.21. The summed E-state index contributed by atoms with van der Waals surface area (Å²) in [6.07, 6.45) is 4.60. The van der Waals surface area contributed by atoms with Gasteiger partial charge in [0.25, 0.3) is 0 Å². The normalized spacial score (nSPS) is 9.93. The van der Waals surface area contributed by atoms with Gasteiger partial charge in [0, 0.05) is 16.7 Å². The first-order chi connectivity index (χ1) is 7.24. The summed E-state index contributed by atoms with van der Waals surface area (Å²) in [6.45, 7) is 0. The Hall–Kier alpha value is -1.69. The molecule has 2 aromatic heterocycles. The molecule has 2 aromatic rings. The second kappa shape index (κ2) is 4.22. The Bertz CT molecular complexity index is 434. The summed E-state index contributed by atoms with van der Waals surface area (Å²) >= 11 is 3.29. The minimum atomic E-state index is 0.364. The number of ether oxygens (including phenoxy) is 1. The fourth-order valence-corrected chi connectivity index (χ4v) is 1.32. The smallest absolute Gasteiger partial charge is 0.224 e. The van der Waals surface area contributed by atoms with E-state index in [0.717, 1.165) is 4.47 Å². The number of hydrogen-bond donors (Lipinski definition) is 1. The van der Waals surface area contributed by atoms with Gasteiger partial charge >= 0.3 is 0 Å². The topological polar surface area (TPSA) is 73.9 Å². The standard InChI is InChI=1S/C9H7BrN4O/c10-6-1-7(4-12-3-6)15-9-2-8(11)13-5-14-9/h1-5H,(H2,11,13,14). The maximum absolute atomic E-state index is 5.49. The molecule has 0 unspecified atom stereocenters. The van der Waals surface area contributed by atoms with Crippen LogP contribution in [0.3, 0.4) is 0 Å². The molecule has 0 aromatic carbocycles. The van der Waals surface area contributed by atoms with E-state index < -0.39 is 0 Å². The van der Waals surface area contributed by atoms with Gasteiger partial charge in [0.2, 0.25) is 5.88 Å². The van der Waals surface area contributed by atoms with E-state index in [4.69, 9.17) is 10.5 Å². The highest BCUT2D eigenvalue weighted by atomic mass is 79.9. The van der Waals surface area contributed by atoms with Crippen LogP contribution < -0.4 is 10.5 Å². The molecule has 0 bridgehead atoms. The molecular formula is C9H7BrN4O. The number of hydrogen-bond acceptors (Lipinski definition) is 5. The van der Waals surface area contributed by atoms with E-state index in [1.807, 2.05) is 0 Å². The van der Waals surface area contributed by atoms with Crippen LogP contribution in [0.15, 0.2) is 35.3 Å². The number of halogens is 1. The molecule has 0 radical (unpaired) electrons. The Kier molecular flexibility index (Phi) is 2.77. The lowest BCUT2D eigenvalue weighted by Gasteiger charge is -2.03. The molecule has 0 aliphatic rings. The first kappa shape index (κ1) is 9.85. The van der Waals surface area contributed by atoms with Gasteiger partial charge in [-0.3, -0.25) is 4.98 Å². The number of nitrogen functional groups attached to an aromatic ring is 1. The van der Waals surface area contributed by atoms with Crippen molar-refractivity contribution < 1.29 is 4.74 Å². The van der Waals surface area contributed by atoms with Crippen molar-refractivity contribution in [3.8, 4) is 11.6 Å². The lowest BCUT2D eigenvalue weighted by Crippen LogP contribution is -1.93. The largest absolute Gasteiger partial charge is 0.437 e. The predicted molar refractivity (Wildman–Crippen MR) is 58.5 cm³/mol. The van der Waals surface area contributed by atoms with Crippen molar-refractivity contribution >= 4 is 21.7 Å². The van der Waals surface area contributed by atoms with E-state index in [-0.39, 0.29) is 0 Å². The molecule has 0 saturated carbocycles. The van der Waals surface area contributed by atoms with Crippen LogP contribution in [0.2, 0.25) is 0 Å². The van der Waals surface area contributed by atoms with Crippen molar-refractivity contribution in [2.75, 3.05) is 5.73 Å². The minimum Gasteiger partial charge on any atom is -0.437 e. The zero-order chi connectivity index (χ0) is 10.7. The summed E-state index contributed by atoms with van der Waals surface area (Å²) in [7, 11) is 0. The molecule has 5 nitrogen and oxygen atoms in total. The minimum absolute atomic E-state index is 0.364. The molecule has 0 spiro atoms. The van der Waals surface area contributed by atoms with Gasteiger partial charge in [-0.25, -0.2) is 9.97 Å². The molecule has 0 fully saturated rings. The molecule has 0 aliphatic heterocycles. The molecule has 2 heterocycles. The molecule has 2 N–H and O–H groups in total. The van der Waals surface area contributed by atoms with Crippen molar-refractivity contribution in [1.82, 2.24) is 15.0 Å². The quantitative estimate of drug-likeness (QED) is 0.900. The van der Waals surface area contributed by atoms with Crippen LogP contribution in [0.5, 0.6) is 11.6 Å². The Morgan fingerprint density at radius 3 is 2.80 bits per heavy atom. The molecule has 76 valence electrons. The van der Waals surface area contributed by atoms with E-state index in [1.54, 1.807) is 24.5 Å². The number of nitrogens with two attached hydrogens (primary N) is 1. The Morgan fingerprint density at radius 2 is 2.07 bits per heavy atom. The summed E-state index contributed by atoms with van der Waals surface area (Å²) in [6, 6.07) is 3.33. The van der Waals surface area contributed by atoms with Crippen molar-refractivity contribution in [2.24, 2.45) is 0 Å². The van der Waals surface area contributed by atoms with Crippen LogP contribution in [-0.4, -0.2) is 15.0 Å². The van der Waals surface area contributed by atoms with Crippen LogP contribution in [0.1, 0.15) is 0 Å². The Labute approximate surface area is 94.5 Å². The van der Waals surface area contributed by atoms with Gasteiger partial charge in [-0.15, -0.1) is 0 Å². The molecule has 2 rings (SSSR count). The third kappa shape index (κ3) is 2.63. The maximum atomic E-state index is 5.49. The molecule has 0 amide bonds. The third-order valence-electron chi connectivity index (χ3n) is 1.57. The summed E-state index contributed by atoms with van der Waals surface area (Å²) in [5, 5.41) is 0. The fraction of sp³-hybridized carbons (Fsp3) is 0. The van der Waals surface area contributed by atoms with Crippen molar-refractivity contribution in [1.29, 1.82) is 0 Å². The zero-order valence-electron chi connectivity index (χ0n) is 7.59. The van der Waals surface area contributed by atoms with Gasteiger partial charge in [0.1, 0.15) is 17.9 Å². The van der Waals surface area contributed by atoms with Gasteiger partial charge in [-0.05, 0) is 22.0 Å². The Morgan fingerprint density at radius 1 is 1.20 bits per heavy atom. The summed E-state index contributed by atoms with van der Waals surface area (Å²) < 4.78 is 6.25. The number of aromatic nitrogens is 3. The molecule has 15 heavy (non-hydrogen) atoms. The average molecular weight is 267 g/mol. The first-order valence-electron chi connectivity index (χ1n) is 4.10. The first-order valence-corrected chi connectivity index (χ1v) is 4.89. The van der Waals surface area contributed by atoms with E-state index in [2.05, 4.69) is 30.9 Å². The summed E-state index contributed by atoms with van der Waals surface area (Å²) in [5.41, 5.74) is 5.49. The van der Waals surface area contributed by atoms with Crippen LogP contribution in [0.4, 0.5) is 5.82 Å². The zero-order valence-corrected chi connectivity index (χ0v) is 9.18.